The van der Waals surface area contributed by atoms with E-state index in [-0.39, 0.29) is 12.3 Å². The highest BCUT2D eigenvalue weighted by Gasteiger charge is 2.23. The number of β-amino-alcohol motifs (C(OH)–C–C–N with tert-alkyl or cyclic N) is 1. The van der Waals surface area contributed by atoms with Gasteiger partial charge in [-0.1, -0.05) is 30.3 Å². The van der Waals surface area contributed by atoms with Gasteiger partial charge in [-0.25, -0.2) is 4.39 Å². The molecule has 3 rings (SSSR count). The summed E-state index contributed by atoms with van der Waals surface area (Å²) >= 11 is 0. The highest BCUT2D eigenvalue weighted by Crippen LogP contribution is 2.21. The molecule has 1 aromatic carbocycles. The second kappa shape index (κ2) is 9.75. The van der Waals surface area contributed by atoms with Gasteiger partial charge in [0, 0.05) is 25.8 Å². The van der Waals surface area contributed by atoms with E-state index >= 15 is 0 Å². The van der Waals surface area contributed by atoms with Gasteiger partial charge in [-0.3, -0.25) is 9.78 Å². The molecule has 1 amide bonds. The fourth-order valence-corrected chi connectivity index (χ4v) is 3.67. The molecule has 1 aliphatic heterocycles. The molecular formula is C22H28FN3O2. The molecule has 5 nitrogen and oxygen atoms in total. The lowest BCUT2D eigenvalue weighted by molar-refractivity contribution is -0.130. The van der Waals surface area contributed by atoms with Gasteiger partial charge in [0.05, 0.1) is 18.7 Å². The average Bonchev–Trinajstić information content (AvgIpc) is 2.71. The summed E-state index contributed by atoms with van der Waals surface area (Å²) in [6.45, 7) is 3.21. The molecule has 6 heteroatoms. The molecule has 150 valence electrons. The standard InChI is InChI=1S/C22H28FN3O2/c1-25(22(28)13-20-8-7-19(23)14-24-20)15-17-9-11-26(12-10-17)16-21(27)18-5-3-2-4-6-18/h2-8,14,17,21,27H,9-13,15-16H2,1H3. The largest absolute Gasteiger partial charge is 0.387 e. The first-order chi connectivity index (χ1) is 13.5. The van der Waals surface area contributed by atoms with Crippen LogP contribution in [0.15, 0.2) is 48.7 Å². The molecule has 28 heavy (non-hydrogen) atoms. The van der Waals surface area contributed by atoms with Crippen molar-refractivity contribution in [1.82, 2.24) is 14.8 Å². The molecule has 0 aliphatic carbocycles. The lowest BCUT2D eigenvalue weighted by Crippen LogP contribution is -2.41. The van der Waals surface area contributed by atoms with Crippen molar-refractivity contribution in [2.24, 2.45) is 5.92 Å². The Balaban J connectivity index is 1.41. The van der Waals surface area contributed by atoms with E-state index in [1.54, 1.807) is 11.0 Å². The first-order valence-electron chi connectivity index (χ1n) is 9.81. The summed E-state index contributed by atoms with van der Waals surface area (Å²) in [5, 5.41) is 10.4. The summed E-state index contributed by atoms with van der Waals surface area (Å²) in [6, 6.07) is 12.6. The molecular weight excluding hydrogens is 357 g/mol. The molecule has 1 N–H and O–H groups in total. The van der Waals surface area contributed by atoms with Gasteiger partial charge in [0.2, 0.25) is 5.91 Å². The Hall–Kier alpha value is -2.31. The van der Waals surface area contributed by atoms with Crippen molar-refractivity contribution in [3.63, 3.8) is 0 Å². The number of aliphatic hydroxyl groups is 1. The van der Waals surface area contributed by atoms with Crippen molar-refractivity contribution >= 4 is 5.91 Å². The van der Waals surface area contributed by atoms with Gasteiger partial charge in [-0.2, -0.15) is 0 Å². The van der Waals surface area contributed by atoms with E-state index in [2.05, 4.69) is 9.88 Å². The minimum atomic E-state index is -0.467. The molecule has 2 aromatic rings. The number of aliphatic hydroxyl groups excluding tert-OH is 1. The van der Waals surface area contributed by atoms with Crippen LogP contribution in [0.1, 0.15) is 30.2 Å². The summed E-state index contributed by atoms with van der Waals surface area (Å²) in [5.74, 6) is 0.0648. The second-order valence-corrected chi connectivity index (χ2v) is 7.59. The van der Waals surface area contributed by atoms with Crippen LogP contribution in [0, 0.1) is 11.7 Å². The highest BCUT2D eigenvalue weighted by atomic mass is 19.1. The molecule has 0 bridgehead atoms. The van der Waals surface area contributed by atoms with Crippen LogP contribution in [0.5, 0.6) is 0 Å². The van der Waals surface area contributed by atoms with Crippen LogP contribution in [-0.4, -0.2) is 59.0 Å². The first-order valence-corrected chi connectivity index (χ1v) is 9.81. The molecule has 2 heterocycles. The van der Waals surface area contributed by atoms with Gasteiger partial charge in [0.1, 0.15) is 5.82 Å². The van der Waals surface area contributed by atoms with Crippen LogP contribution < -0.4 is 0 Å². The van der Waals surface area contributed by atoms with E-state index in [1.807, 2.05) is 37.4 Å². The Labute approximate surface area is 165 Å². The number of piperidine rings is 1. The molecule has 1 aromatic heterocycles. The van der Waals surface area contributed by atoms with Gasteiger partial charge >= 0.3 is 0 Å². The molecule has 1 aliphatic rings. The normalized spacial score (nSPS) is 16.7. The maximum atomic E-state index is 12.9. The van der Waals surface area contributed by atoms with Crippen molar-refractivity contribution in [3.05, 3.63) is 65.7 Å². The zero-order valence-electron chi connectivity index (χ0n) is 16.3. The van der Waals surface area contributed by atoms with Gasteiger partial charge in [0.25, 0.3) is 0 Å². The number of benzene rings is 1. The Morgan fingerprint density at radius 3 is 2.61 bits per heavy atom. The fraction of sp³-hybridized carbons (Fsp3) is 0.455. The molecule has 1 fully saturated rings. The van der Waals surface area contributed by atoms with Crippen LogP contribution in [-0.2, 0) is 11.2 Å². The monoisotopic (exact) mass is 385 g/mol. The fourth-order valence-electron chi connectivity index (χ4n) is 3.67. The summed E-state index contributed by atoms with van der Waals surface area (Å²) < 4.78 is 12.9. The Morgan fingerprint density at radius 1 is 1.25 bits per heavy atom. The third-order valence-electron chi connectivity index (χ3n) is 5.40. The minimum absolute atomic E-state index is 0.000961. The number of nitrogens with zero attached hydrogens (tertiary/aromatic N) is 3. The van der Waals surface area contributed by atoms with Crippen molar-refractivity contribution in [2.45, 2.75) is 25.4 Å². The van der Waals surface area contributed by atoms with Crippen LogP contribution >= 0.6 is 0 Å². The lowest BCUT2D eigenvalue weighted by atomic mass is 9.95. The first kappa shape index (κ1) is 20.4. The molecule has 1 unspecified atom stereocenters. The second-order valence-electron chi connectivity index (χ2n) is 7.59. The van der Waals surface area contributed by atoms with E-state index in [4.69, 9.17) is 0 Å². The Bertz CT molecular complexity index is 746. The number of carbonyl (C=O) groups is 1. The van der Waals surface area contributed by atoms with E-state index in [9.17, 15) is 14.3 Å². The topological polar surface area (TPSA) is 56.7 Å². The zero-order valence-corrected chi connectivity index (χ0v) is 16.3. The molecule has 0 spiro atoms. The number of pyridine rings is 1. The van der Waals surface area contributed by atoms with Crippen molar-refractivity contribution < 1.29 is 14.3 Å². The number of hydrogen-bond acceptors (Lipinski definition) is 4. The number of halogens is 1. The SMILES string of the molecule is CN(CC1CCN(CC(O)c2ccccc2)CC1)C(=O)Cc1ccc(F)cn1. The smallest absolute Gasteiger partial charge is 0.228 e. The number of amides is 1. The number of likely N-dealkylation sites (N-methyl/N-ethyl adjacent to an activating group) is 1. The number of hydrogen-bond donors (Lipinski definition) is 1. The average molecular weight is 385 g/mol. The van der Waals surface area contributed by atoms with Gasteiger partial charge in [-0.15, -0.1) is 0 Å². The van der Waals surface area contributed by atoms with E-state index in [0.717, 1.165) is 44.2 Å². The predicted octanol–water partition coefficient (Wildman–Crippen LogP) is 2.67. The molecule has 0 radical (unpaired) electrons. The quantitative estimate of drug-likeness (QED) is 0.796. The third kappa shape index (κ3) is 5.84. The third-order valence-corrected chi connectivity index (χ3v) is 5.40. The molecule has 1 atom stereocenters. The van der Waals surface area contributed by atoms with Crippen molar-refractivity contribution in [3.8, 4) is 0 Å². The van der Waals surface area contributed by atoms with Gasteiger partial charge in [0.15, 0.2) is 0 Å². The van der Waals surface area contributed by atoms with E-state index in [1.165, 1.54) is 6.07 Å². The maximum Gasteiger partial charge on any atom is 0.228 e. The lowest BCUT2D eigenvalue weighted by Gasteiger charge is -2.34. The maximum absolute atomic E-state index is 12.9. The molecule has 1 saturated heterocycles. The van der Waals surface area contributed by atoms with Crippen LogP contribution in [0.4, 0.5) is 4.39 Å². The summed E-state index contributed by atoms with van der Waals surface area (Å²) in [7, 11) is 1.82. The van der Waals surface area contributed by atoms with Crippen LogP contribution in [0.3, 0.4) is 0 Å². The van der Waals surface area contributed by atoms with E-state index in [0.29, 0.717) is 18.2 Å². The summed E-state index contributed by atoms with van der Waals surface area (Å²) in [5.41, 5.74) is 1.53. The van der Waals surface area contributed by atoms with E-state index < -0.39 is 11.9 Å². The number of carbonyl (C=O) groups excluding carboxylic acids is 1. The van der Waals surface area contributed by atoms with Crippen LogP contribution in [0.25, 0.3) is 0 Å². The summed E-state index contributed by atoms with van der Waals surface area (Å²) in [6.07, 6.45) is 2.88. The molecule has 0 saturated carbocycles. The number of likely N-dealkylation sites (tertiary alicyclic amines) is 1. The Kier molecular flexibility index (Phi) is 7.12. The van der Waals surface area contributed by atoms with Crippen molar-refractivity contribution in [1.29, 1.82) is 0 Å². The zero-order chi connectivity index (χ0) is 19.9. The number of aromatic nitrogens is 1. The van der Waals surface area contributed by atoms with Crippen LogP contribution in [0.2, 0.25) is 0 Å². The predicted molar refractivity (Wildman–Crippen MR) is 106 cm³/mol. The summed E-state index contributed by atoms with van der Waals surface area (Å²) in [4.78, 5) is 20.4. The van der Waals surface area contributed by atoms with Gasteiger partial charge < -0.3 is 14.9 Å². The highest BCUT2D eigenvalue weighted by molar-refractivity contribution is 5.78. The minimum Gasteiger partial charge on any atom is -0.387 e. The van der Waals surface area contributed by atoms with Gasteiger partial charge in [-0.05, 0) is 49.5 Å². The Morgan fingerprint density at radius 2 is 1.96 bits per heavy atom. The van der Waals surface area contributed by atoms with Crippen molar-refractivity contribution in [2.75, 3.05) is 33.2 Å². The number of rotatable bonds is 7.